The van der Waals surface area contributed by atoms with Gasteiger partial charge in [-0.1, -0.05) is 33.1 Å². The zero-order valence-corrected chi connectivity index (χ0v) is 13.9. The van der Waals surface area contributed by atoms with Gasteiger partial charge in [-0.2, -0.15) is 0 Å². The van der Waals surface area contributed by atoms with E-state index in [4.69, 9.17) is 9.72 Å². The Bertz CT molecular complexity index is 505. The van der Waals surface area contributed by atoms with Crippen LogP contribution in [0.25, 0.3) is 0 Å². The Morgan fingerprint density at radius 3 is 2.47 bits per heavy atom. The van der Waals surface area contributed by atoms with Crippen LogP contribution in [0.4, 0.5) is 0 Å². The van der Waals surface area contributed by atoms with Crippen LogP contribution in [0, 0.1) is 3.57 Å². The summed E-state index contributed by atoms with van der Waals surface area (Å²) < 4.78 is 6.45. The number of methoxy groups -OCH3 is 1. The number of hydrogen-bond donors (Lipinski definition) is 1. The van der Waals surface area contributed by atoms with Crippen LogP contribution >= 0.6 is 22.6 Å². The second-order valence-electron chi connectivity index (χ2n) is 5.53. The first kappa shape index (κ1) is 15.0. The molecule has 1 heterocycles. The van der Waals surface area contributed by atoms with E-state index in [1.165, 1.54) is 6.42 Å². The van der Waals surface area contributed by atoms with Gasteiger partial charge in [-0.15, -0.1) is 0 Å². The molecule has 106 valence electrons. The summed E-state index contributed by atoms with van der Waals surface area (Å²) in [6.07, 6.45) is 5.35. The van der Waals surface area contributed by atoms with E-state index < -0.39 is 5.60 Å². The minimum Gasteiger partial charge on any atom is -0.370 e. The first-order chi connectivity index (χ1) is 9.00. The van der Waals surface area contributed by atoms with Crippen molar-refractivity contribution in [2.75, 3.05) is 7.11 Å². The van der Waals surface area contributed by atoms with E-state index in [1.54, 1.807) is 7.11 Å². The lowest BCUT2D eigenvalue weighted by Crippen LogP contribution is -2.36. The molecular weight excluding hydrogens is 355 g/mol. The maximum atomic E-state index is 12.1. The fourth-order valence-electron chi connectivity index (χ4n) is 2.74. The summed E-state index contributed by atoms with van der Waals surface area (Å²) in [6.45, 7) is 4.13. The Labute approximate surface area is 127 Å². The van der Waals surface area contributed by atoms with Gasteiger partial charge in [0, 0.05) is 7.11 Å². The zero-order valence-electron chi connectivity index (χ0n) is 11.8. The molecule has 0 unspecified atom stereocenters. The minimum absolute atomic E-state index is 0.0451. The van der Waals surface area contributed by atoms with Gasteiger partial charge in [0.1, 0.15) is 11.4 Å². The van der Waals surface area contributed by atoms with E-state index in [2.05, 4.69) is 41.4 Å². The number of ether oxygens (including phenoxy) is 1. The Hall–Kier alpha value is -0.430. The van der Waals surface area contributed by atoms with Crippen molar-refractivity contribution in [2.24, 2.45) is 0 Å². The lowest BCUT2D eigenvalue weighted by molar-refractivity contribution is -0.0518. The molecule has 1 aromatic heterocycles. The number of nitrogens with one attached hydrogen (secondary N) is 1. The normalized spacial score (nSPS) is 18.8. The second kappa shape index (κ2) is 5.91. The summed E-state index contributed by atoms with van der Waals surface area (Å²) in [5, 5.41) is 0. The van der Waals surface area contributed by atoms with Gasteiger partial charge in [0.05, 0.1) is 9.26 Å². The van der Waals surface area contributed by atoms with Crippen LogP contribution < -0.4 is 5.56 Å². The van der Waals surface area contributed by atoms with Crippen LogP contribution in [-0.4, -0.2) is 17.1 Å². The summed E-state index contributed by atoms with van der Waals surface area (Å²) in [4.78, 5) is 19.8. The lowest BCUT2D eigenvalue weighted by Gasteiger charge is -2.35. The monoisotopic (exact) mass is 376 g/mol. The fourth-order valence-corrected chi connectivity index (χ4v) is 3.61. The average Bonchev–Trinajstić information content (AvgIpc) is 2.42. The van der Waals surface area contributed by atoms with Gasteiger partial charge in [0.2, 0.25) is 0 Å². The second-order valence-corrected chi connectivity index (χ2v) is 6.61. The van der Waals surface area contributed by atoms with Crippen LogP contribution in [0.5, 0.6) is 0 Å². The van der Waals surface area contributed by atoms with Gasteiger partial charge in [-0.3, -0.25) is 4.79 Å². The first-order valence-electron chi connectivity index (χ1n) is 6.85. The number of hydrogen-bond acceptors (Lipinski definition) is 3. The van der Waals surface area contributed by atoms with Crippen molar-refractivity contribution in [1.82, 2.24) is 9.97 Å². The van der Waals surface area contributed by atoms with Crippen LogP contribution in [0.15, 0.2) is 4.79 Å². The van der Waals surface area contributed by atoms with Crippen molar-refractivity contribution in [3.8, 4) is 0 Å². The number of nitrogens with zero attached hydrogens (tertiary/aromatic N) is 1. The third kappa shape index (κ3) is 2.86. The molecule has 1 aromatic rings. The topological polar surface area (TPSA) is 55.0 Å². The van der Waals surface area contributed by atoms with E-state index in [0.29, 0.717) is 9.39 Å². The SMILES string of the molecule is COC1(c2nc(C(C)C)c(I)c(=O)[nH]2)CCCCC1. The maximum absolute atomic E-state index is 12.1. The summed E-state index contributed by atoms with van der Waals surface area (Å²) in [6, 6.07) is 0. The molecule has 0 atom stereocenters. The number of rotatable bonds is 3. The molecule has 0 saturated heterocycles. The van der Waals surface area contributed by atoms with Crippen molar-refractivity contribution in [2.45, 2.75) is 57.5 Å². The van der Waals surface area contributed by atoms with E-state index in [1.807, 2.05) is 0 Å². The molecule has 0 aliphatic heterocycles. The molecule has 0 aromatic carbocycles. The van der Waals surface area contributed by atoms with E-state index in [0.717, 1.165) is 31.4 Å². The molecule has 4 nitrogen and oxygen atoms in total. The Kier molecular flexibility index (Phi) is 4.66. The largest absolute Gasteiger partial charge is 0.370 e. The maximum Gasteiger partial charge on any atom is 0.264 e. The molecule has 1 N–H and O–H groups in total. The third-order valence-corrected chi connectivity index (χ3v) is 4.96. The van der Waals surface area contributed by atoms with Crippen molar-refractivity contribution in [3.63, 3.8) is 0 Å². The molecule has 1 aliphatic carbocycles. The minimum atomic E-state index is -0.397. The van der Waals surface area contributed by atoms with Crippen LogP contribution in [0.1, 0.15) is 63.4 Å². The molecule has 0 radical (unpaired) electrons. The Morgan fingerprint density at radius 1 is 1.32 bits per heavy atom. The Balaban J connectivity index is 2.52. The van der Waals surface area contributed by atoms with E-state index in [9.17, 15) is 4.79 Å². The summed E-state index contributed by atoms with van der Waals surface area (Å²) in [5.74, 6) is 0.953. The zero-order chi connectivity index (χ0) is 14.0. The lowest BCUT2D eigenvalue weighted by atomic mass is 9.84. The molecule has 0 bridgehead atoms. The van der Waals surface area contributed by atoms with Crippen LogP contribution in [-0.2, 0) is 10.3 Å². The molecule has 1 saturated carbocycles. The highest BCUT2D eigenvalue weighted by molar-refractivity contribution is 14.1. The van der Waals surface area contributed by atoms with Crippen molar-refractivity contribution >= 4 is 22.6 Å². The predicted octanol–water partition coefficient (Wildman–Crippen LogP) is 3.30. The highest BCUT2D eigenvalue weighted by Gasteiger charge is 2.37. The molecule has 2 rings (SSSR count). The molecule has 0 amide bonds. The van der Waals surface area contributed by atoms with Crippen LogP contribution in [0.3, 0.4) is 0 Å². The molecule has 5 heteroatoms. The average molecular weight is 376 g/mol. The van der Waals surface area contributed by atoms with E-state index >= 15 is 0 Å². The van der Waals surface area contributed by atoms with Crippen molar-refractivity contribution in [1.29, 1.82) is 0 Å². The third-order valence-electron chi connectivity index (χ3n) is 3.92. The quantitative estimate of drug-likeness (QED) is 0.824. The first-order valence-corrected chi connectivity index (χ1v) is 7.93. The molecule has 19 heavy (non-hydrogen) atoms. The summed E-state index contributed by atoms with van der Waals surface area (Å²) in [7, 11) is 1.72. The molecular formula is C14H21IN2O2. The van der Waals surface area contributed by atoms with Gasteiger partial charge >= 0.3 is 0 Å². The number of aromatic amines is 1. The van der Waals surface area contributed by atoms with Crippen LogP contribution in [0.2, 0.25) is 0 Å². The molecule has 1 fully saturated rings. The smallest absolute Gasteiger partial charge is 0.264 e. The van der Waals surface area contributed by atoms with Gasteiger partial charge in [-0.05, 0) is 41.4 Å². The van der Waals surface area contributed by atoms with Crippen molar-refractivity contribution < 1.29 is 4.74 Å². The van der Waals surface area contributed by atoms with Crippen molar-refractivity contribution in [3.05, 3.63) is 25.4 Å². The molecule has 1 aliphatic rings. The highest BCUT2D eigenvalue weighted by Crippen LogP contribution is 2.38. The predicted molar refractivity (Wildman–Crippen MR) is 83.4 cm³/mol. The Morgan fingerprint density at radius 2 is 1.95 bits per heavy atom. The van der Waals surface area contributed by atoms with E-state index in [-0.39, 0.29) is 11.5 Å². The number of halogens is 1. The summed E-state index contributed by atoms with van der Waals surface area (Å²) >= 11 is 2.08. The van der Waals surface area contributed by atoms with Gasteiger partial charge in [0.25, 0.3) is 5.56 Å². The van der Waals surface area contributed by atoms with Gasteiger partial charge < -0.3 is 9.72 Å². The van der Waals surface area contributed by atoms with Gasteiger partial charge in [0.15, 0.2) is 0 Å². The molecule has 0 spiro atoms. The summed E-state index contributed by atoms with van der Waals surface area (Å²) in [5.41, 5.74) is 0.434. The number of aromatic nitrogens is 2. The standard InChI is InChI=1S/C14H21IN2O2/c1-9(2)11-10(15)12(18)17-13(16-11)14(19-3)7-5-4-6-8-14/h9H,4-8H2,1-3H3,(H,16,17,18). The van der Waals surface area contributed by atoms with Gasteiger partial charge in [-0.25, -0.2) is 4.98 Å². The highest BCUT2D eigenvalue weighted by atomic mass is 127. The fraction of sp³-hybridized carbons (Fsp3) is 0.714. The number of H-pyrrole nitrogens is 1.